The third kappa shape index (κ3) is 3.65. The Balaban J connectivity index is 1.92. The molecule has 0 aromatic rings. The van der Waals surface area contributed by atoms with E-state index < -0.39 is 29.6 Å². The van der Waals surface area contributed by atoms with Gasteiger partial charge in [-0.2, -0.15) is 0 Å². The van der Waals surface area contributed by atoms with Gasteiger partial charge in [0.15, 0.2) is 0 Å². The van der Waals surface area contributed by atoms with Crippen molar-refractivity contribution in [2.75, 3.05) is 19.6 Å². The first-order chi connectivity index (χ1) is 9.94. The molecule has 120 valence electrons. The van der Waals surface area contributed by atoms with Crippen LogP contribution in [0.3, 0.4) is 0 Å². The minimum atomic E-state index is -0.929. The van der Waals surface area contributed by atoms with Crippen molar-refractivity contribution in [3.63, 3.8) is 0 Å². The van der Waals surface area contributed by atoms with Gasteiger partial charge in [0.1, 0.15) is 0 Å². The molecule has 1 saturated heterocycles. The number of rotatable bonds is 3. The predicted molar refractivity (Wildman–Crippen MR) is 74.8 cm³/mol. The Labute approximate surface area is 123 Å². The summed E-state index contributed by atoms with van der Waals surface area (Å²) in [5, 5.41) is 31.1. The number of likely N-dealkylation sites (tertiary alicyclic amines) is 1. The van der Waals surface area contributed by atoms with Gasteiger partial charge in [-0.15, -0.1) is 0 Å². The number of carboxylic acids is 1. The highest BCUT2D eigenvalue weighted by Crippen LogP contribution is 2.34. The second kappa shape index (κ2) is 6.62. The Morgan fingerprint density at radius 2 is 1.57 bits per heavy atom. The number of nitrogens with zero attached hydrogens (tertiary/aromatic N) is 1. The van der Waals surface area contributed by atoms with E-state index in [0.29, 0.717) is 12.8 Å². The second-order valence-corrected chi connectivity index (χ2v) is 6.20. The smallest absolute Gasteiger partial charge is 0.317 e. The van der Waals surface area contributed by atoms with Crippen molar-refractivity contribution < 1.29 is 24.9 Å². The van der Waals surface area contributed by atoms with Crippen LogP contribution in [-0.4, -0.2) is 64.1 Å². The maximum atomic E-state index is 12.0. The topological polar surface area (TPSA) is 110 Å². The lowest BCUT2D eigenvalue weighted by Gasteiger charge is -2.29. The van der Waals surface area contributed by atoms with Crippen molar-refractivity contribution in [3.05, 3.63) is 0 Å². The number of nitrogens with one attached hydrogen (secondary N) is 1. The summed E-state index contributed by atoms with van der Waals surface area (Å²) in [4.78, 5) is 25.0. The molecule has 1 aliphatic heterocycles. The number of amides is 2. The van der Waals surface area contributed by atoms with Crippen LogP contribution in [0.4, 0.5) is 4.79 Å². The molecule has 1 heterocycles. The molecule has 0 aromatic heterocycles. The number of aliphatic carboxylic acids is 1. The van der Waals surface area contributed by atoms with Gasteiger partial charge in [-0.05, 0) is 12.8 Å². The van der Waals surface area contributed by atoms with E-state index in [2.05, 4.69) is 5.32 Å². The number of hydrogen-bond donors (Lipinski definition) is 4. The van der Waals surface area contributed by atoms with Crippen molar-refractivity contribution in [2.24, 2.45) is 5.41 Å². The van der Waals surface area contributed by atoms with Gasteiger partial charge in [0.25, 0.3) is 0 Å². The minimum absolute atomic E-state index is 0.0765. The van der Waals surface area contributed by atoms with Gasteiger partial charge >= 0.3 is 12.0 Å². The normalized spacial score (nSPS) is 29.0. The third-order valence-electron chi connectivity index (χ3n) is 4.64. The summed E-state index contributed by atoms with van der Waals surface area (Å²) in [5.74, 6) is -0.855. The fourth-order valence-electron chi connectivity index (χ4n) is 3.16. The van der Waals surface area contributed by atoms with Gasteiger partial charge < -0.3 is 25.5 Å². The van der Waals surface area contributed by atoms with Crippen molar-refractivity contribution in [3.8, 4) is 0 Å². The van der Waals surface area contributed by atoms with Crippen LogP contribution in [0, 0.1) is 5.41 Å². The Kier molecular flexibility index (Phi) is 5.05. The van der Waals surface area contributed by atoms with E-state index in [1.54, 1.807) is 0 Å². The van der Waals surface area contributed by atoms with Crippen LogP contribution in [-0.2, 0) is 4.79 Å². The van der Waals surface area contributed by atoms with Crippen molar-refractivity contribution in [1.82, 2.24) is 10.2 Å². The van der Waals surface area contributed by atoms with Crippen LogP contribution in [0.1, 0.15) is 38.5 Å². The van der Waals surface area contributed by atoms with Crippen LogP contribution >= 0.6 is 0 Å². The first kappa shape index (κ1) is 16.0. The molecule has 2 amide bonds. The highest BCUT2D eigenvalue weighted by molar-refractivity contribution is 5.78. The summed E-state index contributed by atoms with van der Waals surface area (Å²) in [5.41, 5.74) is -0.886. The van der Waals surface area contributed by atoms with E-state index in [0.717, 1.165) is 25.7 Å². The van der Waals surface area contributed by atoms with Gasteiger partial charge in [-0.3, -0.25) is 4.79 Å². The molecule has 21 heavy (non-hydrogen) atoms. The van der Waals surface area contributed by atoms with Crippen molar-refractivity contribution in [1.29, 1.82) is 0 Å². The van der Waals surface area contributed by atoms with Gasteiger partial charge in [-0.1, -0.05) is 25.7 Å². The molecule has 0 aromatic carbocycles. The van der Waals surface area contributed by atoms with E-state index in [9.17, 15) is 24.9 Å². The van der Waals surface area contributed by atoms with Crippen LogP contribution in [0.2, 0.25) is 0 Å². The lowest BCUT2D eigenvalue weighted by atomic mass is 9.80. The maximum Gasteiger partial charge on any atom is 0.317 e. The van der Waals surface area contributed by atoms with E-state index in [1.807, 2.05) is 0 Å². The average molecular weight is 300 g/mol. The Hall–Kier alpha value is -1.34. The predicted octanol–water partition coefficient (Wildman–Crippen LogP) is 0.159. The Morgan fingerprint density at radius 3 is 2.05 bits per heavy atom. The second-order valence-electron chi connectivity index (χ2n) is 6.20. The van der Waals surface area contributed by atoms with Crippen LogP contribution in [0.5, 0.6) is 0 Å². The van der Waals surface area contributed by atoms with Gasteiger partial charge in [-0.25, -0.2) is 4.79 Å². The van der Waals surface area contributed by atoms with Crippen molar-refractivity contribution >= 4 is 12.0 Å². The lowest BCUT2D eigenvalue weighted by molar-refractivity contribution is -0.149. The molecule has 2 atom stereocenters. The minimum Gasteiger partial charge on any atom is -0.481 e. The zero-order valence-electron chi connectivity index (χ0n) is 12.1. The van der Waals surface area contributed by atoms with Gasteiger partial charge in [0, 0.05) is 6.54 Å². The molecule has 1 aliphatic carbocycles. The average Bonchev–Trinajstić information content (AvgIpc) is 2.67. The molecular weight excluding hydrogens is 276 g/mol. The Morgan fingerprint density at radius 1 is 1.05 bits per heavy atom. The van der Waals surface area contributed by atoms with Crippen LogP contribution < -0.4 is 5.32 Å². The lowest BCUT2D eigenvalue weighted by Crippen LogP contribution is -2.47. The molecule has 7 nitrogen and oxygen atoms in total. The fraction of sp³-hybridized carbons (Fsp3) is 0.857. The van der Waals surface area contributed by atoms with E-state index in [1.165, 1.54) is 4.90 Å². The Bertz CT molecular complexity index is 383. The molecule has 1 saturated carbocycles. The number of carboxylic acid groups (broad SMARTS) is 1. The highest BCUT2D eigenvalue weighted by Gasteiger charge is 2.40. The van der Waals surface area contributed by atoms with Crippen molar-refractivity contribution in [2.45, 2.75) is 50.7 Å². The molecule has 4 N–H and O–H groups in total. The summed E-state index contributed by atoms with van der Waals surface area (Å²) >= 11 is 0. The number of urea groups is 1. The number of carbonyl (C=O) groups excluding carboxylic acids is 1. The largest absolute Gasteiger partial charge is 0.481 e. The molecule has 2 rings (SSSR count). The number of hydrogen-bond acceptors (Lipinski definition) is 4. The maximum absolute atomic E-state index is 12.0. The standard InChI is InChI=1S/C14H24N2O5/c17-10-7-16(8-11(10)18)13(21)15-9-14(12(19)20)5-3-1-2-4-6-14/h10-11,17-18H,1-9H2,(H,15,21)(H,19,20). The molecule has 2 unspecified atom stereocenters. The molecule has 2 aliphatic rings. The summed E-state index contributed by atoms with van der Waals surface area (Å²) in [6.45, 7) is 0.254. The van der Waals surface area contributed by atoms with E-state index in [-0.39, 0.29) is 19.6 Å². The summed E-state index contributed by atoms with van der Waals surface area (Å²) in [6.07, 6.45) is 3.10. The first-order valence-electron chi connectivity index (χ1n) is 7.57. The highest BCUT2D eigenvalue weighted by atomic mass is 16.4. The number of β-amino-alcohol motifs (C(OH)–C–C–N with tert-alkyl or cyclic N) is 2. The first-order valence-corrected chi connectivity index (χ1v) is 7.57. The third-order valence-corrected chi connectivity index (χ3v) is 4.64. The molecule has 0 spiro atoms. The zero-order chi connectivity index (χ0) is 15.5. The summed E-state index contributed by atoms with van der Waals surface area (Å²) < 4.78 is 0. The zero-order valence-corrected chi connectivity index (χ0v) is 12.1. The van der Waals surface area contributed by atoms with Crippen LogP contribution in [0.25, 0.3) is 0 Å². The monoisotopic (exact) mass is 300 g/mol. The number of carbonyl (C=O) groups is 2. The quantitative estimate of drug-likeness (QED) is 0.555. The van der Waals surface area contributed by atoms with Gasteiger partial charge in [0.05, 0.1) is 30.7 Å². The molecule has 0 radical (unpaired) electrons. The summed E-state index contributed by atoms with van der Waals surface area (Å²) in [7, 11) is 0. The van der Waals surface area contributed by atoms with E-state index >= 15 is 0 Å². The number of aliphatic hydroxyl groups excluding tert-OH is 2. The van der Waals surface area contributed by atoms with Gasteiger partial charge in [0.2, 0.25) is 0 Å². The van der Waals surface area contributed by atoms with Crippen LogP contribution in [0.15, 0.2) is 0 Å². The molecule has 7 heteroatoms. The molecule has 0 bridgehead atoms. The molecule has 2 fully saturated rings. The van der Waals surface area contributed by atoms with E-state index in [4.69, 9.17) is 0 Å². The SMILES string of the molecule is O=C(NCC1(C(=O)O)CCCCCC1)N1CC(O)C(O)C1. The fourth-order valence-corrected chi connectivity index (χ4v) is 3.16. The summed E-state index contributed by atoms with van der Waals surface area (Å²) in [6, 6.07) is -0.421. The molecular formula is C14H24N2O5. The number of aliphatic hydroxyl groups is 2.